The molecule has 2 amide bonds. The third-order valence-corrected chi connectivity index (χ3v) is 8.70. The van der Waals surface area contributed by atoms with Gasteiger partial charge in [-0.1, -0.05) is 61.0 Å². The third-order valence-electron chi connectivity index (χ3n) is 8.70. The number of rotatable bonds is 9. The van der Waals surface area contributed by atoms with Gasteiger partial charge in [-0.05, 0) is 78.8 Å². The molecule has 7 heteroatoms. The Labute approximate surface area is 245 Å². The van der Waals surface area contributed by atoms with E-state index in [2.05, 4.69) is 6.92 Å². The zero-order valence-electron chi connectivity index (χ0n) is 23.5. The van der Waals surface area contributed by atoms with Crippen molar-refractivity contribution in [2.24, 2.45) is 17.8 Å². The molecule has 3 aromatic rings. The summed E-state index contributed by atoms with van der Waals surface area (Å²) in [5, 5.41) is 9.54. The Balaban J connectivity index is 1.27. The van der Waals surface area contributed by atoms with Crippen LogP contribution in [-0.4, -0.2) is 36.2 Å². The number of hydrogen-bond donors (Lipinski definition) is 1. The first-order valence-corrected chi connectivity index (χ1v) is 14.6. The molecule has 4 atom stereocenters. The van der Waals surface area contributed by atoms with E-state index in [-0.39, 0.29) is 29.6 Å². The number of phenolic OH excluding ortho intramolecular Hbond substituents is 1. The molecule has 3 aromatic carbocycles. The number of ether oxygens (including phenoxy) is 2. The number of allylic oxidation sites excluding steroid dienone is 1. The number of aromatic hydroxyl groups is 1. The zero-order valence-corrected chi connectivity index (χ0v) is 23.5. The fraction of sp³-hybridized carbons (Fsp3) is 0.314. The van der Waals surface area contributed by atoms with Crippen LogP contribution in [0.1, 0.15) is 38.2 Å². The maximum absolute atomic E-state index is 13.9. The maximum atomic E-state index is 13.9. The van der Waals surface area contributed by atoms with Crippen LogP contribution in [0.15, 0.2) is 95.6 Å². The molecule has 6 rings (SSSR count). The summed E-state index contributed by atoms with van der Waals surface area (Å²) in [6.45, 7) is 2.77. The Morgan fingerprint density at radius 3 is 2.48 bits per heavy atom. The van der Waals surface area contributed by atoms with E-state index in [4.69, 9.17) is 9.47 Å². The van der Waals surface area contributed by atoms with E-state index in [1.165, 1.54) is 17.0 Å². The quantitative estimate of drug-likeness (QED) is 0.230. The number of anilines is 1. The molecular weight excluding hydrogens is 533 g/mol. The summed E-state index contributed by atoms with van der Waals surface area (Å²) < 4.78 is 26.5. The van der Waals surface area contributed by atoms with E-state index in [9.17, 15) is 19.1 Å². The van der Waals surface area contributed by atoms with E-state index >= 15 is 0 Å². The smallest absolute Gasteiger partial charge is 0.238 e. The van der Waals surface area contributed by atoms with Crippen LogP contribution in [0.25, 0.3) is 6.08 Å². The van der Waals surface area contributed by atoms with Crippen LogP contribution in [0, 0.1) is 23.6 Å². The fourth-order valence-electron chi connectivity index (χ4n) is 6.64. The van der Waals surface area contributed by atoms with Crippen molar-refractivity contribution in [1.82, 2.24) is 0 Å². The van der Waals surface area contributed by atoms with Crippen molar-refractivity contribution >= 4 is 23.6 Å². The third kappa shape index (κ3) is 5.37. The average Bonchev–Trinajstić information content (AvgIpc) is 3.54. The van der Waals surface area contributed by atoms with Crippen LogP contribution in [0.2, 0.25) is 0 Å². The lowest BCUT2D eigenvalue weighted by molar-refractivity contribution is -0.122. The minimum absolute atomic E-state index is 0.158. The number of imide groups is 1. The van der Waals surface area contributed by atoms with E-state index in [1.54, 1.807) is 18.2 Å². The Bertz CT molecular complexity index is 1530. The highest BCUT2D eigenvalue weighted by Gasteiger charge is 2.57. The second-order valence-corrected chi connectivity index (χ2v) is 11.2. The van der Waals surface area contributed by atoms with Crippen molar-refractivity contribution in [3.8, 4) is 11.5 Å². The van der Waals surface area contributed by atoms with Gasteiger partial charge in [0.2, 0.25) is 11.8 Å². The van der Waals surface area contributed by atoms with Gasteiger partial charge in [-0.25, -0.2) is 4.39 Å². The molecular formula is C35H34FNO5. The molecule has 0 aromatic heterocycles. The highest BCUT2D eigenvalue weighted by molar-refractivity contribution is 6.22. The predicted octanol–water partition coefficient (Wildman–Crippen LogP) is 6.71. The van der Waals surface area contributed by atoms with Gasteiger partial charge in [0.05, 0.1) is 30.2 Å². The highest BCUT2D eigenvalue weighted by atomic mass is 19.1. The monoisotopic (exact) mass is 567 g/mol. The summed E-state index contributed by atoms with van der Waals surface area (Å²) in [5.41, 5.74) is 4.55. The second-order valence-electron chi connectivity index (χ2n) is 11.2. The topological polar surface area (TPSA) is 76.1 Å². The van der Waals surface area contributed by atoms with Gasteiger partial charge in [-0.15, -0.1) is 0 Å². The second kappa shape index (κ2) is 11.9. The van der Waals surface area contributed by atoms with Crippen molar-refractivity contribution < 1.29 is 28.6 Å². The summed E-state index contributed by atoms with van der Waals surface area (Å²) >= 11 is 0. The molecule has 2 aliphatic heterocycles. The SMILES string of the molecule is CC/C(=C\c1ccc(O)c(F)c1)CC[C@H]1OC[C@H]2C1=C(COc1ccccc1)C[C@H]1C(=O)N(c3ccccc3)C(=O)[C@H]12. The number of nitrogens with zero attached hydrogens (tertiary/aromatic N) is 1. The lowest BCUT2D eigenvalue weighted by atomic mass is 9.69. The summed E-state index contributed by atoms with van der Waals surface area (Å²) in [6, 6.07) is 23.1. The number of carbonyl (C=O) groups is 2. The highest BCUT2D eigenvalue weighted by Crippen LogP contribution is 2.50. The Morgan fingerprint density at radius 2 is 1.76 bits per heavy atom. The first kappa shape index (κ1) is 27.9. The summed E-state index contributed by atoms with van der Waals surface area (Å²) in [5.74, 6) is -1.67. The standard InChI is InChI=1S/C35H34FNO5/c1-2-22(17-23-13-15-30(38)29(36)18-23)14-16-31-32-24(20-41-26-11-7-4-8-12-26)19-27-33(28(32)21-42-31)35(40)37(34(27)39)25-9-5-3-6-10-25/h3-13,15,17-18,27-28,31,33,38H,2,14,16,19-21H2,1H3/b22-17+/t27-,28+,31-,33-/m1/s1. The van der Waals surface area contributed by atoms with Gasteiger partial charge in [-0.3, -0.25) is 14.5 Å². The fourth-order valence-corrected chi connectivity index (χ4v) is 6.64. The number of phenols is 1. The lowest BCUT2D eigenvalue weighted by Crippen LogP contribution is -2.35. The molecule has 42 heavy (non-hydrogen) atoms. The molecule has 2 heterocycles. The van der Waals surface area contributed by atoms with Crippen molar-refractivity contribution in [3.05, 3.63) is 107 Å². The maximum Gasteiger partial charge on any atom is 0.238 e. The van der Waals surface area contributed by atoms with Gasteiger partial charge in [0.25, 0.3) is 0 Å². The van der Waals surface area contributed by atoms with E-state index in [1.807, 2.05) is 54.6 Å². The molecule has 2 saturated heterocycles. The molecule has 3 aliphatic rings. The molecule has 0 unspecified atom stereocenters. The predicted molar refractivity (Wildman–Crippen MR) is 158 cm³/mol. The normalized spacial score (nSPS) is 23.8. The van der Waals surface area contributed by atoms with Crippen LogP contribution in [0.4, 0.5) is 10.1 Å². The molecule has 1 aliphatic carbocycles. The number of halogens is 1. The van der Waals surface area contributed by atoms with Crippen molar-refractivity contribution in [2.75, 3.05) is 18.1 Å². The number of benzene rings is 3. The van der Waals surface area contributed by atoms with Crippen LogP contribution in [0.3, 0.4) is 0 Å². The number of hydrogen-bond acceptors (Lipinski definition) is 5. The van der Waals surface area contributed by atoms with Crippen LogP contribution in [0.5, 0.6) is 11.5 Å². The number of para-hydroxylation sites is 2. The summed E-state index contributed by atoms with van der Waals surface area (Å²) in [4.78, 5) is 28.8. The van der Waals surface area contributed by atoms with Gasteiger partial charge >= 0.3 is 0 Å². The van der Waals surface area contributed by atoms with Crippen molar-refractivity contribution in [2.45, 2.75) is 38.7 Å². The molecule has 0 spiro atoms. The average molecular weight is 568 g/mol. The number of amides is 2. The van der Waals surface area contributed by atoms with Crippen LogP contribution in [-0.2, 0) is 14.3 Å². The zero-order chi connectivity index (χ0) is 29.2. The summed E-state index contributed by atoms with van der Waals surface area (Å²) in [7, 11) is 0. The van der Waals surface area contributed by atoms with Gasteiger partial charge in [0, 0.05) is 5.92 Å². The molecule has 0 bridgehead atoms. The van der Waals surface area contributed by atoms with E-state index in [0.717, 1.165) is 35.3 Å². The number of fused-ring (bicyclic) bond motifs is 3. The van der Waals surface area contributed by atoms with Gasteiger partial charge in [0.15, 0.2) is 11.6 Å². The minimum atomic E-state index is -0.647. The van der Waals surface area contributed by atoms with Crippen molar-refractivity contribution in [1.29, 1.82) is 0 Å². The van der Waals surface area contributed by atoms with Gasteiger partial charge in [0.1, 0.15) is 12.4 Å². The largest absolute Gasteiger partial charge is 0.505 e. The van der Waals surface area contributed by atoms with Crippen molar-refractivity contribution in [3.63, 3.8) is 0 Å². The lowest BCUT2D eigenvalue weighted by Gasteiger charge is -2.31. The van der Waals surface area contributed by atoms with E-state index in [0.29, 0.717) is 37.3 Å². The first-order chi connectivity index (χ1) is 20.4. The van der Waals surface area contributed by atoms with Gasteiger partial charge < -0.3 is 14.6 Å². The first-order valence-electron chi connectivity index (χ1n) is 14.6. The minimum Gasteiger partial charge on any atom is -0.505 e. The Hall–Kier alpha value is -4.23. The Morgan fingerprint density at radius 1 is 1.02 bits per heavy atom. The molecule has 216 valence electrons. The molecule has 2 fully saturated rings. The molecule has 6 nitrogen and oxygen atoms in total. The van der Waals surface area contributed by atoms with E-state index < -0.39 is 17.7 Å². The molecule has 0 saturated carbocycles. The molecule has 1 N–H and O–H groups in total. The van der Waals surface area contributed by atoms with Gasteiger partial charge in [-0.2, -0.15) is 0 Å². The summed E-state index contributed by atoms with van der Waals surface area (Å²) in [6.07, 6.45) is 4.42. The van der Waals surface area contributed by atoms with Crippen LogP contribution < -0.4 is 9.64 Å². The Kier molecular flexibility index (Phi) is 7.94. The number of carbonyl (C=O) groups excluding carboxylic acids is 2. The molecule has 0 radical (unpaired) electrons. The van der Waals surface area contributed by atoms with Crippen LogP contribution >= 0.6 is 0 Å².